The molecular weight excluding hydrogens is 140 g/mol. The summed E-state index contributed by atoms with van der Waals surface area (Å²) in [5.41, 5.74) is 1.03. The number of thiophene rings is 1. The van der Waals surface area contributed by atoms with Crippen LogP contribution in [0, 0.1) is 0 Å². The molecule has 40 valence electrons. The summed E-state index contributed by atoms with van der Waals surface area (Å²) in [5, 5.41) is 7.91. The van der Waals surface area contributed by atoms with E-state index in [9.17, 15) is 0 Å². The number of hydrogen-bond acceptors (Lipinski definition) is 4. The minimum absolute atomic E-state index is 1.03. The van der Waals surface area contributed by atoms with Gasteiger partial charge in [0.2, 0.25) is 0 Å². The molecule has 0 N–H and O–H groups in total. The normalized spacial score (nSPS) is 10.5. The molecule has 0 aromatic carbocycles. The van der Waals surface area contributed by atoms with Crippen LogP contribution in [0.25, 0.3) is 10.2 Å². The average molecular weight is 142 g/mol. The lowest BCUT2D eigenvalue weighted by molar-refractivity contribution is 1.20. The van der Waals surface area contributed by atoms with Crippen molar-refractivity contribution in [2.75, 3.05) is 0 Å². The first-order valence-corrected chi connectivity index (χ1v) is 3.83. The average Bonchev–Trinajstić information content (AvgIpc) is 2.15. The second-order valence-electron chi connectivity index (χ2n) is 1.39. The van der Waals surface area contributed by atoms with E-state index in [0.29, 0.717) is 0 Å². The summed E-state index contributed by atoms with van der Waals surface area (Å²) >= 11 is 3.11. The fraction of sp³-hybridized carbons (Fsp3) is 0. The first kappa shape index (κ1) is 4.40. The molecule has 0 aliphatic rings. The van der Waals surface area contributed by atoms with E-state index in [1.54, 1.807) is 11.3 Å². The van der Waals surface area contributed by atoms with Crippen molar-refractivity contribution in [3.63, 3.8) is 0 Å². The van der Waals surface area contributed by atoms with Crippen LogP contribution in [-0.4, -0.2) is 9.59 Å². The number of fused-ring (bicyclic) bond motifs is 1. The molecule has 2 aromatic heterocycles. The van der Waals surface area contributed by atoms with Crippen molar-refractivity contribution < 1.29 is 0 Å². The predicted octanol–water partition coefficient (Wildman–Crippen LogP) is 1.75. The van der Waals surface area contributed by atoms with Crippen molar-refractivity contribution >= 4 is 33.1 Å². The van der Waals surface area contributed by atoms with Gasteiger partial charge in [0.1, 0.15) is 5.52 Å². The molecule has 0 amide bonds. The summed E-state index contributed by atoms with van der Waals surface area (Å²) in [6.45, 7) is 0. The molecule has 0 unspecified atom stereocenters. The monoisotopic (exact) mass is 142 g/mol. The van der Waals surface area contributed by atoms with E-state index in [1.807, 2.05) is 5.38 Å². The van der Waals surface area contributed by atoms with E-state index >= 15 is 0 Å². The minimum atomic E-state index is 1.03. The molecule has 0 aliphatic heterocycles. The number of nitrogens with zero attached hydrogens (tertiary/aromatic N) is 2. The van der Waals surface area contributed by atoms with Gasteiger partial charge in [-0.1, -0.05) is 4.49 Å². The molecule has 0 saturated carbocycles. The first-order chi connectivity index (χ1) is 3.97. The Labute approximate surface area is 53.9 Å². The smallest absolute Gasteiger partial charge is 0.116 e. The molecular formula is C4H2N2S2. The molecule has 8 heavy (non-hydrogen) atoms. The highest BCUT2D eigenvalue weighted by molar-refractivity contribution is 7.18. The maximum absolute atomic E-state index is 3.86. The summed E-state index contributed by atoms with van der Waals surface area (Å²) in [7, 11) is 0. The maximum atomic E-state index is 3.86. The third-order valence-electron chi connectivity index (χ3n) is 0.895. The second kappa shape index (κ2) is 1.50. The summed E-state index contributed by atoms with van der Waals surface area (Å²) in [5.74, 6) is 0. The van der Waals surface area contributed by atoms with E-state index in [-0.39, 0.29) is 0 Å². The largest absolute Gasteiger partial charge is 0.148 e. The third kappa shape index (κ3) is 0.468. The van der Waals surface area contributed by atoms with Crippen LogP contribution in [0.2, 0.25) is 0 Å². The second-order valence-corrected chi connectivity index (χ2v) is 2.92. The van der Waals surface area contributed by atoms with E-state index in [0.717, 1.165) is 5.52 Å². The van der Waals surface area contributed by atoms with E-state index in [4.69, 9.17) is 0 Å². The molecule has 4 heteroatoms. The Kier molecular flexibility index (Phi) is 0.824. The lowest BCUT2D eigenvalue weighted by Crippen LogP contribution is -1.56. The Morgan fingerprint density at radius 2 is 2.38 bits per heavy atom. The summed E-state index contributed by atoms with van der Waals surface area (Å²) < 4.78 is 4.95. The van der Waals surface area contributed by atoms with Gasteiger partial charge in [-0.2, -0.15) is 0 Å². The zero-order valence-corrected chi connectivity index (χ0v) is 5.50. The standard InChI is InChI=1S/C4H2N2S2/c1-3-4(2-7-1)8-6-5-3/h1-2H. The highest BCUT2D eigenvalue weighted by atomic mass is 32.1. The minimum Gasteiger partial charge on any atom is -0.148 e. The van der Waals surface area contributed by atoms with Crippen LogP contribution in [0.15, 0.2) is 10.8 Å². The van der Waals surface area contributed by atoms with Gasteiger partial charge < -0.3 is 0 Å². The van der Waals surface area contributed by atoms with Gasteiger partial charge in [0.05, 0.1) is 4.70 Å². The Morgan fingerprint density at radius 1 is 1.38 bits per heavy atom. The van der Waals surface area contributed by atoms with E-state index in [2.05, 4.69) is 15.0 Å². The van der Waals surface area contributed by atoms with Gasteiger partial charge in [0, 0.05) is 10.8 Å². The topological polar surface area (TPSA) is 25.8 Å². The van der Waals surface area contributed by atoms with Crippen molar-refractivity contribution in [3.8, 4) is 0 Å². The van der Waals surface area contributed by atoms with Gasteiger partial charge in [0.25, 0.3) is 0 Å². The molecule has 0 spiro atoms. The van der Waals surface area contributed by atoms with Gasteiger partial charge in [-0.15, -0.1) is 16.4 Å². The van der Waals surface area contributed by atoms with Crippen LogP contribution < -0.4 is 0 Å². The summed E-state index contributed by atoms with van der Waals surface area (Å²) in [6.07, 6.45) is 0. The Balaban J connectivity index is 3.06. The van der Waals surface area contributed by atoms with Crippen LogP contribution in [-0.2, 0) is 0 Å². The van der Waals surface area contributed by atoms with Crippen LogP contribution in [0.4, 0.5) is 0 Å². The summed E-state index contributed by atoms with van der Waals surface area (Å²) in [6, 6.07) is 0. The van der Waals surface area contributed by atoms with Crippen molar-refractivity contribution in [2.24, 2.45) is 0 Å². The predicted molar refractivity (Wildman–Crippen MR) is 35.3 cm³/mol. The SMILES string of the molecule is c1scc2snnc12. The molecule has 2 aromatic rings. The van der Waals surface area contributed by atoms with Gasteiger partial charge in [-0.3, -0.25) is 0 Å². The van der Waals surface area contributed by atoms with Crippen molar-refractivity contribution in [2.45, 2.75) is 0 Å². The fourth-order valence-electron chi connectivity index (χ4n) is 0.528. The molecule has 0 fully saturated rings. The summed E-state index contributed by atoms with van der Waals surface area (Å²) in [4.78, 5) is 0. The molecule has 2 heterocycles. The van der Waals surface area contributed by atoms with Crippen LogP contribution in [0.5, 0.6) is 0 Å². The first-order valence-electron chi connectivity index (χ1n) is 2.11. The Bertz CT molecular complexity index is 233. The molecule has 0 saturated heterocycles. The number of aromatic nitrogens is 2. The molecule has 2 nitrogen and oxygen atoms in total. The van der Waals surface area contributed by atoms with Crippen LogP contribution in [0.1, 0.15) is 0 Å². The molecule has 2 rings (SSSR count). The van der Waals surface area contributed by atoms with E-state index < -0.39 is 0 Å². The molecule has 0 bridgehead atoms. The van der Waals surface area contributed by atoms with Crippen molar-refractivity contribution in [1.29, 1.82) is 0 Å². The zero-order valence-electron chi connectivity index (χ0n) is 3.87. The fourth-order valence-corrected chi connectivity index (χ4v) is 1.97. The number of hydrogen-bond donors (Lipinski definition) is 0. The van der Waals surface area contributed by atoms with Crippen LogP contribution >= 0.6 is 22.9 Å². The lowest BCUT2D eigenvalue weighted by atomic mass is 10.6. The van der Waals surface area contributed by atoms with Gasteiger partial charge >= 0.3 is 0 Å². The maximum Gasteiger partial charge on any atom is 0.116 e. The Hall–Kier alpha value is -0.480. The number of rotatable bonds is 0. The van der Waals surface area contributed by atoms with Gasteiger partial charge in [-0.05, 0) is 11.5 Å². The third-order valence-corrected chi connectivity index (χ3v) is 2.46. The van der Waals surface area contributed by atoms with Gasteiger partial charge in [0.15, 0.2) is 0 Å². The van der Waals surface area contributed by atoms with Crippen molar-refractivity contribution in [3.05, 3.63) is 10.8 Å². The lowest BCUT2D eigenvalue weighted by Gasteiger charge is -1.58. The highest BCUT2D eigenvalue weighted by Crippen LogP contribution is 2.18. The quantitative estimate of drug-likeness (QED) is 0.560. The highest BCUT2D eigenvalue weighted by Gasteiger charge is 1.94. The Morgan fingerprint density at radius 3 is 3.25 bits per heavy atom. The molecule has 0 atom stereocenters. The van der Waals surface area contributed by atoms with E-state index in [1.165, 1.54) is 16.2 Å². The van der Waals surface area contributed by atoms with Crippen molar-refractivity contribution in [1.82, 2.24) is 9.59 Å². The zero-order chi connectivity index (χ0) is 5.40. The molecule has 0 radical (unpaired) electrons. The van der Waals surface area contributed by atoms with Gasteiger partial charge in [-0.25, -0.2) is 0 Å². The van der Waals surface area contributed by atoms with Crippen LogP contribution in [0.3, 0.4) is 0 Å². The molecule has 0 aliphatic carbocycles.